The van der Waals surface area contributed by atoms with Crippen LogP contribution < -0.4 is 5.32 Å². The van der Waals surface area contributed by atoms with Crippen LogP contribution >= 0.6 is 0 Å². The summed E-state index contributed by atoms with van der Waals surface area (Å²) in [7, 11) is 2.03. The van der Waals surface area contributed by atoms with Crippen molar-refractivity contribution in [2.24, 2.45) is 4.99 Å². The largest absolute Gasteiger partial charge is 0.357 e. The molecule has 2 aromatic carbocycles. The summed E-state index contributed by atoms with van der Waals surface area (Å²) in [6, 6.07) is 20.4. The van der Waals surface area contributed by atoms with E-state index in [0.29, 0.717) is 13.1 Å². The number of para-hydroxylation sites is 1. The monoisotopic (exact) mass is 427 g/mol. The van der Waals surface area contributed by atoms with Crippen molar-refractivity contribution >= 4 is 5.96 Å². The van der Waals surface area contributed by atoms with E-state index >= 15 is 0 Å². The standard InChI is InChI=1S/C25H29N7/c1-3-26-25(27-15-14-20-16-29-32(18-20)22-12-8-5-9-13-22)31(2)19-24-28-17-23(30-24)21-10-6-4-7-11-21/h4-13,16-18H,3,14-15,19H2,1-2H3,(H,26,27)(H,28,30). The average molecular weight is 428 g/mol. The van der Waals surface area contributed by atoms with E-state index in [4.69, 9.17) is 4.99 Å². The fourth-order valence-electron chi connectivity index (χ4n) is 3.48. The molecule has 0 aliphatic heterocycles. The molecule has 4 aromatic rings. The maximum Gasteiger partial charge on any atom is 0.194 e. The highest BCUT2D eigenvalue weighted by molar-refractivity contribution is 5.79. The second-order valence-electron chi connectivity index (χ2n) is 7.58. The smallest absolute Gasteiger partial charge is 0.194 e. The van der Waals surface area contributed by atoms with Gasteiger partial charge in [-0.1, -0.05) is 48.5 Å². The average Bonchev–Trinajstić information content (AvgIpc) is 3.50. The maximum absolute atomic E-state index is 4.80. The van der Waals surface area contributed by atoms with Crippen molar-refractivity contribution < 1.29 is 0 Å². The summed E-state index contributed by atoms with van der Waals surface area (Å²) in [6.07, 6.45) is 6.68. The quantitative estimate of drug-likeness (QED) is 0.330. The van der Waals surface area contributed by atoms with Crippen molar-refractivity contribution in [2.75, 3.05) is 20.1 Å². The fourth-order valence-corrected chi connectivity index (χ4v) is 3.48. The van der Waals surface area contributed by atoms with Crippen LogP contribution in [0.5, 0.6) is 0 Å². The van der Waals surface area contributed by atoms with Crippen LogP contribution in [-0.2, 0) is 13.0 Å². The van der Waals surface area contributed by atoms with Crippen LogP contribution in [0.3, 0.4) is 0 Å². The lowest BCUT2D eigenvalue weighted by Crippen LogP contribution is -2.38. The molecular formula is C25H29N7. The summed E-state index contributed by atoms with van der Waals surface area (Å²) in [4.78, 5) is 14.8. The molecule has 2 N–H and O–H groups in total. The minimum absolute atomic E-state index is 0.643. The first-order chi connectivity index (χ1) is 15.7. The molecule has 4 rings (SSSR count). The highest BCUT2D eigenvalue weighted by Gasteiger charge is 2.10. The molecular weight excluding hydrogens is 398 g/mol. The molecule has 0 aliphatic carbocycles. The normalized spacial score (nSPS) is 11.5. The Kier molecular flexibility index (Phi) is 6.97. The van der Waals surface area contributed by atoms with E-state index in [9.17, 15) is 0 Å². The number of hydrogen-bond donors (Lipinski definition) is 2. The summed E-state index contributed by atoms with van der Waals surface area (Å²) in [5.41, 5.74) is 4.37. The molecule has 0 spiro atoms. The molecule has 7 nitrogen and oxygen atoms in total. The third kappa shape index (κ3) is 5.43. The van der Waals surface area contributed by atoms with Crippen molar-refractivity contribution in [2.45, 2.75) is 19.9 Å². The van der Waals surface area contributed by atoms with Crippen LogP contribution in [0.25, 0.3) is 16.9 Å². The Morgan fingerprint density at radius 1 is 1.06 bits per heavy atom. The zero-order valence-corrected chi connectivity index (χ0v) is 18.6. The van der Waals surface area contributed by atoms with Crippen molar-refractivity contribution in [1.82, 2.24) is 30.0 Å². The zero-order chi connectivity index (χ0) is 22.2. The second-order valence-corrected chi connectivity index (χ2v) is 7.58. The van der Waals surface area contributed by atoms with Gasteiger partial charge < -0.3 is 15.2 Å². The Bertz CT molecular complexity index is 1130. The van der Waals surface area contributed by atoms with Gasteiger partial charge in [-0.2, -0.15) is 5.10 Å². The van der Waals surface area contributed by atoms with Crippen LogP contribution in [-0.4, -0.2) is 50.7 Å². The summed E-state index contributed by atoms with van der Waals surface area (Å²) < 4.78 is 1.90. The molecule has 0 saturated carbocycles. The van der Waals surface area contributed by atoms with Crippen LogP contribution in [0.2, 0.25) is 0 Å². The highest BCUT2D eigenvalue weighted by atomic mass is 15.3. The van der Waals surface area contributed by atoms with Crippen molar-refractivity contribution in [3.05, 3.63) is 90.6 Å². The number of guanidine groups is 1. The number of nitrogens with one attached hydrogen (secondary N) is 2. The lowest BCUT2D eigenvalue weighted by atomic mass is 10.2. The Morgan fingerprint density at radius 2 is 1.81 bits per heavy atom. The summed E-state index contributed by atoms with van der Waals surface area (Å²) >= 11 is 0. The van der Waals surface area contributed by atoms with Gasteiger partial charge in [0, 0.05) is 26.3 Å². The number of benzene rings is 2. The van der Waals surface area contributed by atoms with E-state index in [0.717, 1.165) is 47.3 Å². The molecule has 0 aliphatic rings. The van der Waals surface area contributed by atoms with Gasteiger partial charge in [0.15, 0.2) is 5.96 Å². The molecule has 2 aromatic heterocycles. The Labute approximate surface area is 188 Å². The SMILES string of the molecule is CCNC(=NCCc1cnn(-c2ccccc2)c1)N(C)Cc1ncc(-c2ccccc2)[nH]1. The Morgan fingerprint density at radius 3 is 2.56 bits per heavy atom. The molecule has 0 amide bonds. The molecule has 164 valence electrons. The molecule has 32 heavy (non-hydrogen) atoms. The third-order valence-electron chi connectivity index (χ3n) is 5.12. The van der Waals surface area contributed by atoms with E-state index in [2.05, 4.69) is 50.5 Å². The van der Waals surface area contributed by atoms with Crippen molar-refractivity contribution in [1.29, 1.82) is 0 Å². The highest BCUT2D eigenvalue weighted by Crippen LogP contribution is 2.16. The van der Waals surface area contributed by atoms with Crippen LogP contribution in [0.15, 0.2) is 84.2 Å². The minimum atomic E-state index is 0.643. The molecule has 0 atom stereocenters. The van der Waals surface area contributed by atoms with Gasteiger partial charge in [0.2, 0.25) is 0 Å². The van der Waals surface area contributed by atoms with E-state index in [1.165, 1.54) is 0 Å². The number of H-pyrrole nitrogens is 1. The summed E-state index contributed by atoms with van der Waals surface area (Å²) in [6.45, 7) is 4.21. The molecule has 0 bridgehead atoms. The summed E-state index contributed by atoms with van der Waals surface area (Å²) in [5, 5.41) is 7.84. The Hall–Kier alpha value is -3.87. The van der Waals surface area contributed by atoms with E-state index in [-0.39, 0.29) is 0 Å². The number of nitrogens with zero attached hydrogens (tertiary/aromatic N) is 5. The molecule has 0 radical (unpaired) electrons. The van der Waals surface area contributed by atoms with Crippen molar-refractivity contribution in [3.8, 4) is 16.9 Å². The first-order valence-corrected chi connectivity index (χ1v) is 10.9. The topological polar surface area (TPSA) is 74.1 Å². The number of aliphatic imine (C=N–C) groups is 1. The number of imidazole rings is 1. The zero-order valence-electron chi connectivity index (χ0n) is 18.6. The Balaban J connectivity index is 1.36. The predicted molar refractivity (Wildman–Crippen MR) is 129 cm³/mol. The molecule has 7 heteroatoms. The minimum Gasteiger partial charge on any atom is -0.357 e. The lowest BCUT2D eigenvalue weighted by molar-refractivity contribution is 0.464. The molecule has 0 fully saturated rings. The third-order valence-corrected chi connectivity index (χ3v) is 5.12. The number of hydrogen-bond acceptors (Lipinski definition) is 3. The molecule has 0 unspecified atom stereocenters. The predicted octanol–water partition coefficient (Wildman–Crippen LogP) is 3.90. The van der Waals surface area contributed by atoms with Gasteiger partial charge in [-0.05, 0) is 36.6 Å². The van der Waals surface area contributed by atoms with Crippen LogP contribution in [0.1, 0.15) is 18.3 Å². The maximum atomic E-state index is 4.80. The number of rotatable bonds is 8. The van der Waals surface area contributed by atoms with Crippen LogP contribution in [0, 0.1) is 0 Å². The van der Waals surface area contributed by atoms with Gasteiger partial charge in [-0.15, -0.1) is 0 Å². The van der Waals surface area contributed by atoms with E-state index in [1.54, 1.807) is 0 Å². The summed E-state index contributed by atoms with van der Waals surface area (Å²) in [5.74, 6) is 1.77. The van der Waals surface area contributed by atoms with Crippen LogP contribution in [0.4, 0.5) is 0 Å². The molecule has 0 saturated heterocycles. The van der Waals surface area contributed by atoms with Gasteiger partial charge >= 0.3 is 0 Å². The first kappa shape index (κ1) is 21.4. The lowest BCUT2D eigenvalue weighted by Gasteiger charge is -2.21. The first-order valence-electron chi connectivity index (χ1n) is 10.9. The number of aromatic amines is 1. The van der Waals surface area contributed by atoms with Gasteiger partial charge in [0.1, 0.15) is 5.82 Å². The van der Waals surface area contributed by atoms with Gasteiger partial charge in [-0.3, -0.25) is 4.99 Å². The van der Waals surface area contributed by atoms with Gasteiger partial charge in [0.05, 0.1) is 30.3 Å². The van der Waals surface area contributed by atoms with E-state index < -0.39 is 0 Å². The second kappa shape index (κ2) is 10.4. The number of aromatic nitrogens is 4. The van der Waals surface area contributed by atoms with Crippen molar-refractivity contribution in [3.63, 3.8) is 0 Å². The fraction of sp³-hybridized carbons (Fsp3) is 0.240. The van der Waals surface area contributed by atoms with Gasteiger partial charge in [-0.25, -0.2) is 9.67 Å². The van der Waals surface area contributed by atoms with E-state index in [1.807, 2.05) is 72.7 Å². The molecule has 2 heterocycles. The van der Waals surface area contributed by atoms with Gasteiger partial charge in [0.25, 0.3) is 0 Å².